The van der Waals surface area contributed by atoms with Crippen molar-refractivity contribution in [1.29, 1.82) is 0 Å². The summed E-state index contributed by atoms with van der Waals surface area (Å²) in [4.78, 5) is 4.00. The van der Waals surface area contributed by atoms with E-state index in [-0.39, 0.29) is 23.4 Å². The molecule has 6 nitrogen and oxygen atoms in total. The first-order chi connectivity index (χ1) is 11.4. The fraction of sp³-hybridized carbons (Fsp3) is 0.765. The van der Waals surface area contributed by atoms with Gasteiger partial charge in [-0.25, -0.2) is 4.98 Å². The monoisotopic (exact) mass is 350 g/mol. The van der Waals surface area contributed by atoms with Gasteiger partial charge in [0.25, 0.3) is 5.17 Å². The van der Waals surface area contributed by atoms with E-state index in [1.807, 2.05) is 13.8 Å². The molecule has 3 heterocycles. The Morgan fingerprint density at radius 2 is 2.29 bits per heavy atom. The summed E-state index contributed by atoms with van der Waals surface area (Å²) in [6, 6.07) is 0. The number of imidazole rings is 1. The van der Waals surface area contributed by atoms with E-state index in [4.69, 9.17) is 31.2 Å². The van der Waals surface area contributed by atoms with E-state index >= 15 is 0 Å². The van der Waals surface area contributed by atoms with E-state index < -0.39 is 5.79 Å². The average molecular weight is 350 g/mol. The summed E-state index contributed by atoms with van der Waals surface area (Å²) < 4.78 is 26.4. The highest BCUT2D eigenvalue weighted by atomic mass is 32.1. The van der Waals surface area contributed by atoms with Crippen molar-refractivity contribution < 1.29 is 18.9 Å². The fourth-order valence-electron chi connectivity index (χ4n) is 5.18. The van der Waals surface area contributed by atoms with Crippen LogP contribution in [-0.2, 0) is 18.9 Å². The summed E-state index contributed by atoms with van der Waals surface area (Å²) in [7, 11) is 0. The minimum atomic E-state index is -0.510. The quantitative estimate of drug-likeness (QED) is 0.602. The van der Waals surface area contributed by atoms with Crippen LogP contribution >= 0.6 is 12.2 Å². The van der Waals surface area contributed by atoms with Gasteiger partial charge in [-0.3, -0.25) is 4.57 Å². The van der Waals surface area contributed by atoms with Gasteiger partial charge in [0.1, 0.15) is 24.1 Å². The predicted octanol–water partition coefficient (Wildman–Crippen LogP) is 2.26. The maximum Gasteiger partial charge on any atom is 0.269 e. The van der Waals surface area contributed by atoms with E-state index in [0.29, 0.717) is 17.7 Å². The summed E-state index contributed by atoms with van der Waals surface area (Å²) in [5.41, 5.74) is -0.397. The summed E-state index contributed by atoms with van der Waals surface area (Å²) in [6.45, 7) is 4.46. The summed E-state index contributed by atoms with van der Waals surface area (Å²) in [5.74, 6) is -0.118. The second-order valence-electron chi connectivity index (χ2n) is 7.85. The average Bonchev–Trinajstić information content (AvgIpc) is 2.98. The molecule has 1 aromatic heterocycles. The number of hydrogen-bond donors (Lipinski definition) is 0. The molecule has 24 heavy (non-hydrogen) atoms. The second kappa shape index (κ2) is 4.78. The van der Waals surface area contributed by atoms with Crippen LogP contribution in [0.5, 0.6) is 0 Å². The van der Waals surface area contributed by atoms with Crippen molar-refractivity contribution in [1.82, 2.24) is 9.55 Å². The Labute approximate surface area is 146 Å². The van der Waals surface area contributed by atoms with E-state index in [2.05, 4.69) is 4.98 Å². The van der Waals surface area contributed by atoms with Crippen molar-refractivity contribution in [3.63, 3.8) is 0 Å². The van der Waals surface area contributed by atoms with E-state index in [0.717, 1.165) is 19.3 Å². The molecule has 130 valence electrons. The van der Waals surface area contributed by atoms with Gasteiger partial charge in [-0.2, -0.15) is 0 Å². The lowest BCUT2D eigenvalue weighted by atomic mass is 9.71. The highest BCUT2D eigenvalue weighted by Crippen LogP contribution is 2.68. The number of nitrogens with zero attached hydrogens (tertiary/aromatic N) is 2. The van der Waals surface area contributed by atoms with Gasteiger partial charge in [0.2, 0.25) is 0 Å². The number of ether oxygens (including phenoxy) is 4. The molecular weight excluding hydrogens is 328 g/mol. The number of aromatic nitrogens is 2. The van der Waals surface area contributed by atoms with Crippen LogP contribution in [0.4, 0.5) is 0 Å². The fourth-order valence-corrected chi connectivity index (χ4v) is 5.35. The SMILES string of the molecule is CC1(C)O[C@H]2[C@H]3CCC[C@@]34O[C@@]4(COC(=S)n3ccnc3)C[C@H]2O1. The molecule has 0 aromatic carbocycles. The largest absolute Gasteiger partial charge is 0.467 e. The molecule has 0 unspecified atom stereocenters. The van der Waals surface area contributed by atoms with Crippen LogP contribution in [-0.4, -0.2) is 50.5 Å². The first kappa shape index (κ1) is 15.3. The minimum absolute atomic E-state index is 0.0733. The van der Waals surface area contributed by atoms with E-state index in [9.17, 15) is 0 Å². The molecule has 0 bridgehead atoms. The normalized spacial score (nSPS) is 44.5. The number of fused-ring (bicyclic) bond motifs is 2. The maximum atomic E-state index is 6.38. The molecule has 2 saturated carbocycles. The zero-order chi connectivity index (χ0) is 16.6. The molecule has 0 radical (unpaired) electrons. The first-order valence-corrected chi connectivity index (χ1v) is 9.07. The highest BCUT2D eigenvalue weighted by Gasteiger charge is 2.80. The molecule has 7 heteroatoms. The van der Waals surface area contributed by atoms with Crippen molar-refractivity contribution in [2.45, 2.75) is 68.7 Å². The van der Waals surface area contributed by atoms with Crippen molar-refractivity contribution in [2.75, 3.05) is 6.61 Å². The molecule has 5 rings (SSSR count). The van der Waals surface area contributed by atoms with Crippen LogP contribution in [0.3, 0.4) is 0 Å². The lowest BCUT2D eigenvalue weighted by molar-refractivity contribution is -0.152. The Hall–Kier alpha value is -1.02. The third kappa shape index (κ3) is 1.98. The standard InChI is InChI=1S/C17H22N2O4S/c1-15(2)21-12-8-16(9-20-14(24)19-7-6-18-10-19)17(23-16)5-3-4-11(17)13(12)22-15/h6-7,10-13H,3-5,8-9H2,1-2H3/t11-,12-,13+,16-,17-/m1/s1. The van der Waals surface area contributed by atoms with Crippen LogP contribution in [0.1, 0.15) is 39.5 Å². The number of epoxide rings is 1. The zero-order valence-corrected chi connectivity index (χ0v) is 14.8. The lowest BCUT2D eigenvalue weighted by Crippen LogP contribution is -2.50. The van der Waals surface area contributed by atoms with Crippen LogP contribution in [0.25, 0.3) is 0 Å². The van der Waals surface area contributed by atoms with Crippen LogP contribution in [0.15, 0.2) is 18.7 Å². The Bertz CT molecular complexity index is 678. The predicted molar refractivity (Wildman–Crippen MR) is 88.5 cm³/mol. The molecule has 2 aliphatic carbocycles. The molecule has 1 spiro atoms. The number of thiocarbonyl (C=S) groups is 1. The number of hydrogen-bond acceptors (Lipinski definition) is 6. The Morgan fingerprint density at radius 1 is 1.42 bits per heavy atom. The second-order valence-corrected chi connectivity index (χ2v) is 8.20. The summed E-state index contributed by atoms with van der Waals surface area (Å²) >= 11 is 5.35. The first-order valence-electron chi connectivity index (χ1n) is 8.66. The molecule has 5 atom stereocenters. The van der Waals surface area contributed by atoms with Gasteiger partial charge in [-0.05, 0) is 45.3 Å². The Morgan fingerprint density at radius 3 is 3.08 bits per heavy atom. The molecule has 2 saturated heterocycles. The molecular formula is C17H22N2O4S. The molecule has 0 N–H and O–H groups in total. The van der Waals surface area contributed by atoms with Crippen LogP contribution in [0.2, 0.25) is 0 Å². The topological polar surface area (TPSA) is 58.0 Å². The highest BCUT2D eigenvalue weighted by molar-refractivity contribution is 7.80. The molecule has 4 fully saturated rings. The summed E-state index contributed by atoms with van der Waals surface area (Å²) in [5, 5.41) is 0.410. The van der Waals surface area contributed by atoms with Gasteiger partial charge < -0.3 is 18.9 Å². The third-order valence-corrected chi connectivity index (χ3v) is 6.39. The minimum Gasteiger partial charge on any atom is -0.467 e. The van der Waals surface area contributed by atoms with E-state index in [1.54, 1.807) is 23.3 Å². The van der Waals surface area contributed by atoms with Gasteiger partial charge in [0.05, 0.1) is 12.2 Å². The van der Waals surface area contributed by atoms with Crippen LogP contribution in [0, 0.1) is 5.92 Å². The Kier molecular flexibility index (Phi) is 3.04. The molecule has 0 amide bonds. The lowest BCUT2D eigenvalue weighted by Gasteiger charge is -2.34. The summed E-state index contributed by atoms with van der Waals surface area (Å²) in [6.07, 6.45) is 9.52. The molecule has 2 aliphatic heterocycles. The molecule has 1 aromatic rings. The smallest absolute Gasteiger partial charge is 0.269 e. The van der Waals surface area contributed by atoms with Gasteiger partial charge in [0.15, 0.2) is 5.79 Å². The van der Waals surface area contributed by atoms with Gasteiger partial charge in [0, 0.05) is 24.7 Å². The van der Waals surface area contributed by atoms with Gasteiger partial charge >= 0.3 is 0 Å². The van der Waals surface area contributed by atoms with Crippen molar-refractivity contribution >= 4 is 17.4 Å². The zero-order valence-electron chi connectivity index (χ0n) is 13.9. The van der Waals surface area contributed by atoms with Crippen molar-refractivity contribution in [3.8, 4) is 0 Å². The van der Waals surface area contributed by atoms with Gasteiger partial charge in [-0.1, -0.05) is 0 Å². The Balaban J connectivity index is 1.36. The molecule has 4 aliphatic rings. The number of rotatable bonds is 2. The van der Waals surface area contributed by atoms with Gasteiger partial charge in [-0.15, -0.1) is 0 Å². The van der Waals surface area contributed by atoms with E-state index in [1.165, 1.54) is 6.42 Å². The maximum absolute atomic E-state index is 6.38. The van der Waals surface area contributed by atoms with Crippen LogP contribution < -0.4 is 0 Å². The van der Waals surface area contributed by atoms with Crippen molar-refractivity contribution in [2.24, 2.45) is 5.92 Å². The van der Waals surface area contributed by atoms with Crippen molar-refractivity contribution in [3.05, 3.63) is 18.7 Å². The third-order valence-electron chi connectivity index (χ3n) is 6.06.